The van der Waals surface area contributed by atoms with Crippen LogP contribution in [0.3, 0.4) is 0 Å². The van der Waals surface area contributed by atoms with Crippen LogP contribution in [0, 0.1) is 11.7 Å². The Kier molecular flexibility index (Phi) is 5.09. The summed E-state index contributed by atoms with van der Waals surface area (Å²) in [6.45, 7) is 1.86. The van der Waals surface area contributed by atoms with E-state index < -0.39 is 17.1 Å². The molecule has 0 radical (unpaired) electrons. The fourth-order valence-electron chi connectivity index (χ4n) is 5.10. The van der Waals surface area contributed by atoms with Crippen LogP contribution in [0.25, 0.3) is 0 Å². The van der Waals surface area contributed by atoms with E-state index in [1.54, 1.807) is 12.1 Å². The summed E-state index contributed by atoms with van der Waals surface area (Å²) in [6.07, 6.45) is 6.45. The highest BCUT2D eigenvalue weighted by molar-refractivity contribution is 6.09. The highest BCUT2D eigenvalue weighted by Gasteiger charge is 2.52. The van der Waals surface area contributed by atoms with Crippen molar-refractivity contribution >= 4 is 17.8 Å². The van der Waals surface area contributed by atoms with Crippen LogP contribution in [0.15, 0.2) is 24.3 Å². The number of carbonyl (C=O) groups excluding carboxylic acids is 3. The molecule has 4 rings (SSSR count). The molecule has 2 aliphatic carbocycles. The summed E-state index contributed by atoms with van der Waals surface area (Å²) in [5.74, 6) is -0.423. The lowest BCUT2D eigenvalue weighted by Gasteiger charge is -2.34. The second-order valence-electron chi connectivity index (χ2n) is 8.93. The third-order valence-electron chi connectivity index (χ3n) is 6.91. The first-order valence-electron chi connectivity index (χ1n) is 10.5. The van der Waals surface area contributed by atoms with Crippen molar-refractivity contribution < 1.29 is 18.8 Å². The van der Waals surface area contributed by atoms with Gasteiger partial charge in [0, 0.05) is 0 Å². The zero-order valence-electron chi connectivity index (χ0n) is 16.8. The van der Waals surface area contributed by atoms with Crippen molar-refractivity contribution in [3.63, 3.8) is 0 Å². The van der Waals surface area contributed by atoms with E-state index in [1.807, 2.05) is 0 Å². The van der Waals surface area contributed by atoms with Crippen molar-refractivity contribution in [2.45, 2.75) is 69.4 Å². The predicted octanol–water partition coefficient (Wildman–Crippen LogP) is 3.21. The first-order chi connectivity index (χ1) is 13.8. The molecule has 1 aromatic carbocycles. The van der Waals surface area contributed by atoms with E-state index in [4.69, 9.17) is 0 Å². The van der Waals surface area contributed by atoms with Crippen LogP contribution in [-0.4, -0.2) is 34.8 Å². The molecule has 156 valence electrons. The molecule has 3 aliphatic rings. The van der Waals surface area contributed by atoms with Crippen molar-refractivity contribution in [3.05, 3.63) is 35.6 Å². The largest absolute Gasteiger partial charge is 0.345 e. The van der Waals surface area contributed by atoms with Gasteiger partial charge in [-0.05, 0) is 62.1 Å². The van der Waals surface area contributed by atoms with Crippen LogP contribution in [0.2, 0.25) is 0 Å². The molecule has 0 atom stereocenters. The molecule has 1 aliphatic heterocycles. The number of urea groups is 1. The van der Waals surface area contributed by atoms with Crippen molar-refractivity contribution in [2.75, 3.05) is 6.54 Å². The number of nitrogens with zero attached hydrogens (tertiary/aromatic N) is 1. The number of imide groups is 1. The maximum absolute atomic E-state index is 13.3. The van der Waals surface area contributed by atoms with Crippen LogP contribution < -0.4 is 10.6 Å². The van der Waals surface area contributed by atoms with Gasteiger partial charge in [-0.25, -0.2) is 9.18 Å². The summed E-state index contributed by atoms with van der Waals surface area (Å²) in [4.78, 5) is 39.4. The summed E-state index contributed by atoms with van der Waals surface area (Å²) in [5.41, 5.74) is -0.548. The smallest absolute Gasteiger partial charge is 0.325 e. The van der Waals surface area contributed by atoms with Gasteiger partial charge in [0.1, 0.15) is 17.9 Å². The lowest BCUT2D eigenvalue weighted by Crippen LogP contribution is -2.51. The normalized spacial score (nSPS) is 28.6. The van der Waals surface area contributed by atoms with E-state index in [1.165, 1.54) is 12.1 Å². The van der Waals surface area contributed by atoms with Gasteiger partial charge in [-0.15, -0.1) is 0 Å². The van der Waals surface area contributed by atoms with Gasteiger partial charge in [-0.2, -0.15) is 0 Å². The van der Waals surface area contributed by atoms with Crippen LogP contribution in [-0.2, 0) is 15.1 Å². The highest BCUT2D eigenvalue weighted by Crippen LogP contribution is 2.39. The number of nitrogens with one attached hydrogen (secondary N) is 2. The summed E-state index contributed by atoms with van der Waals surface area (Å²) in [5, 5.41) is 5.91. The number of benzene rings is 1. The Hall–Kier alpha value is -2.44. The standard InChI is InChI=1S/C22H28FN3O3/c1-15-8-12-22(13-9-15)19(28)26(20(29)25-22)14-18(27)24-21(10-2-3-11-21)16-4-6-17(23)7-5-16/h4-7,15H,2-3,8-14H2,1H3,(H,24,27)(H,25,29). The SMILES string of the molecule is CC1CCC2(CC1)NC(=O)N(CC(=O)NC1(c3ccc(F)cc3)CCCC1)C2=O. The van der Waals surface area contributed by atoms with Crippen molar-refractivity contribution in [1.29, 1.82) is 0 Å². The molecule has 29 heavy (non-hydrogen) atoms. The van der Waals surface area contributed by atoms with E-state index in [0.29, 0.717) is 18.8 Å². The fourth-order valence-corrected chi connectivity index (χ4v) is 5.10. The molecule has 2 N–H and O–H groups in total. The van der Waals surface area contributed by atoms with Gasteiger partial charge in [0.2, 0.25) is 5.91 Å². The lowest BCUT2D eigenvalue weighted by atomic mass is 9.77. The third kappa shape index (κ3) is 3.63. The van der Waals surface area contributed by atoms with E-state index >= 15 is 0 Å². The summed E-state index contributed by atoms with van der Waals surface area (Å²) >= 11 is 0. The number of rotatable bonds is 4. The minimum atomic E-state index is -0.841. The average Bonchev–Trinajstić information content (AvgIpc) is 3.25. The number of carbonyl (C=O) groups is 3. The maximum atomic E-state index is 13.3. The van der Waals surface area contributed by atoms with E-state index in [9.17, 15) is 18.8 Å². The number of hydrogen-bond donors (Lipinski definition) is 2. The van der Waals surface area contributed by atoms with E-state index in [-0.39, 0.29) is 24.2 Å². The summed E-state index contributed by atoms with van der Waals surface area (Å²) in [7, 11) is 0. The second-order valence-corrected chi connectivity index (χ2v) is 8.93. The molecule has 1 heterocycles. The van der Waals surface area contributed by atoms with Crippen molar-refractivity contribution in [1.82, 2.24) is 15.5 Å². The van der Waals surface area contributed by atoms with Gasteiger partial charge in [-0.1, -0.05) is 31.9 Å². The molecule has 3 fully saturated rings. The Morgan fingerprint density at radius 2 is 1.76 bits per heavy atom. The minimum Gasteiger partial charge on any atom is -0.345 e. The van der Waals surface area contributed by atoms with Gasteiger partial charge in [-0.3, -0.25) is 14.5 Å². The van der Waals surface area contributed by atoms with E-state index in [0.717, 1.165) is 49.0 Å². The molecule has 0 bridgehead atoms. The zero-order valence-corrected chi connectivity index (χ0v) is 16.8. The monoisotopic (exact) mass is 401 g/mol. The number of amides is 4. The van der Waals surface area contributed by atoms with Gasteiger partial charge < -0.3 is 10.6 Å². The second kappa shape index (κ2) is 7.43. The molecule has 1 saturated heterocycles. The zero-order chi connectivity index (χ0) is 20.6. The first kappa shape index (κ1) is 19.9. The van der Waals surface area contributed by atoms with Crippen molar-refractivity contribution in [2.24, 2.45) is 5.92 Å². The molecular weight excluding hydrogens is 373 g/mol. The van der Waals surface area contributed by atoms with Gasteiger partial charge in [0.25, 0.3) is 5.91 Å². The molecule has 1 spiro atoms. The number of hydrogen-bond acceptors (Lipinski definition) is 3. The Morgan fingerprint density at radius 1 is 1.14 bits per heavy atom. The van der Waals surface area contributed by atoms with Crippen LogP contribution in [0.4, 0.5) is 9.18 Å². The Balaban J connectivity index is 1.46. The molecule has 7 heteroatoms. The summed E-state index contributed by atoms with van der Waals surface area (Å²) < 4.78 is 13.3. The minimum absolute atomic E-state index is 0.285. The molecule has 2 saturated carbocycles. The van der Waals surface area contributed by atoms with Crippen LogP contribution in [0.5, 0.6) is 0 Å². The molecule has 6 nitrogen and oxygen atoms in total. The Bertz CT molecular complexity index is 809. The van der Waals surface area contributed by atoms with Gasteiger partial charge in [0.05, 0.1) is 5.54 Å². The quantitative estimate of drug-likeness (QED) is 0.761. The third-order valence-corrected chi connectivity index (χ3v) is 6.91. The number of halogens is 1. The lowest BCUT2D eigenvalue weighted by molar-refractivity contribution is -0.136. The maximum Gasteiger partial charge on any atom is 0.325 e. The average molecular weight is 401 g/mol. The Morgan fingerprint density at radius 3 is 2.38 bits per heavy atom. The van der Waals surface area contributed by atoms with Gasteiger partial charge in [0.15, 0.2) is 0 Å². The highest BCUT2D eigenvalue weighted by atomic mass is 19.1. The summed E-state index contributed by atoms with van der Waals surface area (Å²) in [6, 6.07) is 5.71. The van der Waals surface area contributed by atoms with Crippen molar-refractivity contribution in [3.8, 4) is 0 Å². The Labute approximate surface area is 170 Å². The molecule has 1 aromatic rings. The topological polar surface area (TPSA) is 78.5 Å². The van der Waals surface area contributed by atoms with E-state index in [2.05, 4.69) is 17.6 Å². The van der Waals surface area contributed by atoms with Gasteiger partial charge >= 0.3 is 6.03 Å². The molecule has 4 amide bonds. The van der Waals surface area contributed by atoms with Crippen LogP contribution >= 0.6 is 0 Å². The predicted molar refractivity (Wildman–Crippen MR) is 105 cm³/mol. The molecular formula is C22H28FN3O3. The molecule has 0 unspecified atom stereocenters. The fraction of sp³-hybridized carbons (Fsp3) is 0.591. The molecule has 0 aromatic heterocycles. The first-order valence-corrected chi connectivity index (χ1v) is 10.5. The van der Waals surface area contributed by atoms with Crippen LogP contribution in [0.1, 0.15) is 63.9 Å².